The van der Waals surface area contributed by atoms with Crippen LogP contribution in [0.15, 0.2) is 24.3 Å². The molecule has 1 saturated heterocycles. The van der Waals surface area contributed by atoms with Crippen LogP contribution < -0.4 is 0 Å². The maximum Gasteiger partial charge on any atom is 0.306 e. The molecule has 0 spiro atoms. The summed E-state index contributed by atoms with van der Waals surface area (Å²) in [6.07, 6.45) is 2.05. The molecule has 1 atom stereocenters. The van der Waals surface area contributed by atoms with E-state index < -0.39 is 0 Å². The van der Waals surface area contributed by atoms with Crippen LogP contribution in [0.3, 0.4) is 0 Å². The second kappa shape index (κ2) is 6.76. The second-order valence-corrected chi connectivity index (χ2v) is 4.98. The number of benzene rings is 1. The molecule has 1 aromatic carbocycles. The van der Waals surface area contributed by atoms with Gasteiger partial charge < -0.3 is 9.47 Å². The summed E-state index contributed by atoms with van der Waals surface area (Å²) in [4.78, 5) is 11.6. The molecule has 2 rings (SSSR count). The zero-order chi connectivity index (χ0) is 12.8. The minimum Gasteiger partial charge on any atom is -0.465 e. The van der Waals surface area contributed by atoms with Gasteiger partial charge in [0.15, 0.2) is 0 Å². The first-order valence-electron chi connectivity index (χ1n) is 6.22. The van der Waals surface area contributed by atoms with Crippen molar-refractivity contribution >= 4 is 17.6 Å². The summed E-state index contributed by atoms with van der Waals surface area (Å²) in [5.41, 5.74) is 1.06. The Balaban J connectivity index is 1.68. The van der Waals surface area contributed by atoms with Crippen molar-refractivity contribution in [2.75, 3.05) is 19.8 Å². The molecule has 0 bridgehead atoms. The van der Waals surface area contributed by atoms with E-state index in [1.165, 1.54) is 0 Å². The van der Waals surface area contributed by atoms with E-state index >= 15 is 0 Å². The average Bonchev–Trinajstić information content (AvgIpc) is 2.87. The maximum atomic E-state index is 11.6. The van der Waals surface area contributed by atoms with Crippen molar-refractivity contribution in [2.24, 2.45) is 5.92 Å². The van der Waals surface area contributed by atoms with Crippen LogP contribution in [0.1, 0.15) is 18.4 Å². The lowest BCUT2D eigenvalue weighted by molar-refractivity contribution is -0.144. The Bertz CT molecular complexity index is 400. The van der Waals surface area contributed by atoms with Crippen LogP contribution in [0.25, 0.3) is 0 Å². The topological polar surface area (TPSA) is 35.5 Å². The largest absolute Gasteiger partial charge is 0.465 e. The monoisotopic (exact) mass is 268 g/mol. The third kappa shape index (κ3) is 4.31. The van der Waals surface area contributed by atoms with Gasteiger partial charge in [0.05, 0.1) is 13.2 Å². The fraction of sp³-hybridized carbons (Fsp3) is 0.500. The van der Waals surface area contributed by atoms with Crippen molar-refractivity contribution in [3.05, 3.63) is 34.9 Å². The van der Waals surface area contributed by atoms with Gasteiger partial charge >= 0.3 is 5.97 Å². The molecule has 4 heteroatoms. The van der Waals surface area contributed by atoms with Crippen molar-refractivity contribution < 1.29 is 14.3 Å². The third-order valence-electron chi connectivity index (χ3n) is 3.01. The summed E-state index contributed by atoms with van der Waals surface area (Å²) in [5, 5.41) is 0.698. The van der Waals surface area contributed by atoms with Gasteiger partial charge in [0.25, 0.3) is 0 Å². The van der Waals surface area contributed by atoms with Crippen LogP contribution in [-0.4, -0.2) is 25.8 Å². The molecule has 1 unspecified atom stereocenters. The van der Waals surface area contributed by atoms with Crippen molar-refractivity contribution in [3.63, 3.8) is 0 Å². The van der Waals surface area contributed by atoms with Gasteiger partial charge in [-0.3, -0.25) is 4.79 Å². The molecule has 0 N–H and O–H groups in total. The lowest BCUT2D eigenvalue weighted by Gasteiger charge is -2.08. The van der Waals surface area contributed by atoms with Crippen molar-refractivity contribution in [2.45, 2.75) is 19.3 Å². The minimum atomic E-state index is -0.151. The van der Waals surface area contributed by atoms with Gasteiger partial charge in [-0.1, -0.05) is 23.7 Å². The molecular weight excluding hydrogens is 252 g/mol. The number of carbonyl (C=O) groups excluding carboxylic acids is 1. The molecule has 1 fully saturated rings. The van der Waals surface area contributed by atoms with E-state index in [1.807, 2.05) is 24.3 Å². The van der Waals surface area contributed by atoms with Crippen LogP contribution in [0, 0.1) is 5.92 Å². The van der Waals surface area contributed by atoms with Crippen LogP contribution in [0.5, 0.6) is 0 Å². The first-order valence-corrected chi connectivity index (χ1v) is 6.59. The Morgan fingerprint density at radius 1 is 1.50 bits per heavy atom. The summed E-state index contributed by atoms with van der Waals surface area (Å²) in [6.45, 7) is 1.97. The average molecular weight is 269 g/mol. The summed E-state index contributed by atoms with van der Waals surface area (Å²) >= 11 is 5.88. The van der Waals surface area contributed by atoms with Crippen molar-refractivity contribution in [1.29, 1.82) is 0 Å². The molecule has 0 saturated carbocycles. The molecule has 3 nitrogen and oxygen atoms in total. The Labute approximate surface area is 112 Å². The van der Waals surface area contributed by atoms with E-state index in [2.05, 4.69) is 0 Å². The predicted molar refractivity (Wildman–Crippen MR) is 69.7 cm³/mol. The van der Waals surface area contributed by atoms with Crippen LogP contribution in [-0.2, 0) is 20.7 Å². The Hall–Kier alpha value is -1.06. The van der Waals surface area contributed by atoms with Crippen LogP contribution >= 0.6 is 11.6 Å². The van der Waals surface area contributed by atoms with Gasteiger partial charge in [-0.15, -0.1) is 0 Å². The van der Waals surface area contributed by atoms with Gasteiger partial charge in [-0.2, -0.15) is 0 Å². The Kier molecular flexibility index (Phi) is 5.02. The summed E-state index contributed by atoms with van der Waals surface area (Å²) in [6, 6.07) is 7.55. The molecule has 1 aromatic rings. The molecule has 1 aliphatic heterocycles. The fourth-order valence-corrected chi connectivity index (χ4v) is 2.15. The Morgan fingerprint density at radius 2 is 2.39 bits per heavy atom. The highest BCUT2D eigenvalue weighted by atomic mass is 35.5. The SMILES string of the molecule is O=C(CCc1cccc(Cl)c1)OCC1CCOC1. The van der Waals surface area contributed by atoms with Crippen molar-refractivity contribution in [1.82, 2.24) is 0 Å². The van der Waals surface area contributed by atoms with E-state index in [-0.39, 0.29) is 5.97 Å². The predicted octanol–water partition coefficient (Wildman–Crippen LogP) is 2.85. The van der Waals surface area contributed by atoms with Crippen LogP contribution in [0.2, 0.25) is 5.02 Å². The van der Waals surface area contributed by atoms with Gasteiger partial charge in [-0.25, -0.2) is 0 Å². The highest BCUT2D eigenvalue weighted by Gasteiger charge is 2.17. The summed E-state index contributed by atoms with van der Waals surface area (Å²) in [5.74, 6) is 0.224. The van der Waals surface area contributed by atoms with Gasteiger partial charge in [-0.05, 0) is 30.5 Å². The van der Waals surface area contributed by atoms with Gasteiger partial charge in [0.2, 0.25) is 0 Å². The van der Waals surface area contributed by atoms with E-state index in [0.29, 0.717) is 37.0 Å². The smallest absolute Gasteiger partial charge is 0.306 e. The molecule has 1 heterocycles. The molecule has 18 heavy (non-hydrogen) atoms. The van der Waals surface area contributed by atoms with Gasteiger partial charge in [0, 0.05) is 24.0 Å². The molecule has 0 amide bonds. The second-order valence-electron chi connectivity index (χ2n) is 4.54. The number of ether oxygens (including phenoxy) is 2. The first kappa shape index (κ1) is 13.4. The third-order valence-corrected chi connectivity index (χ3v) is 3.25. The molecule has 0 radical (unpaired) electrons. The summed E-state index contributed by atoms with van der Waals surface area (Å²) in [7, 11) is 0. The number of rotatable bonds is 5. The molecule has 0 aromatic heterocycles. The van der Waals surface area contributed by atoms with E-state index in [9.17, 15) is 4.79 Å². The van der Waals surface area contributed by atoms with E-state index in [0.717, 1.165) is 18.6 Å². The zero-order valence-corrected chi connectivity index (χ0v) is 11.0. The number of hydrogen-bond acceptors (Lipinski definition) is 3. The number of esters is 1. The molecule has 98 valence electrons. The standard InChI is InChI=1S/C14H17ClO3/c15-13-3-1-2-11(8-13)4-5-14(16)18-10-12-6-7-17-9-12/h1-3,8,12H,4-7,9-10H2. The molecule has 1 aliphatic rings. The summed E-state index contributed by atoms with van der Waals surface area (Å²) < 4.78 is 10.5. The van der Waals surface area contributed by atoms with Crippen molar-refractivity contribution in [3.8, 4) is 0 Å². The lowest BCUT2D eigenvalue weighted by atomic mass is 10.1. The Morgan fingerprint density at radius 3 is 3.11 bits per heavy atom. The molecule has 0 aliphatic carbocycles. The first-order chi connectivity index (χ1) is 8.74. The number of hydrogen-bond donors (Lipinski definition) is 0. The highest BCUT2D eigenvalue weighted by molar-refractivity contribution is 6.30. The normalized spacial score (nSPS) is 18.8. The fourth-order valence-electron chi connectivity index (χ4n) is 1.94. The minimum absolute atomic E-state index is 0.151. The van der Waals surface area contributed by atoms with E-state index in [1.54, 1.807) is 0 Å². The number of halogens is 1. The number of aryl methyl sites for hydroxylation is 1. The van der Waals surface area contributed by atoms with E-state index in [4.69, 9.17) is 21.1 Å². The van der Waals surface area contributed by atoms with Gasteiger partial charge in [0.1, 0.15) is 0 Å². The highest BCUT2D eigenvalue weighted by Crippen LogP contribution is 2.14. The number of carbonyl (C=O) groups is 1. The lowest BCUT2D eigenvalue weighted by Crippen LogP contribution is -2.14. The quantitative estimate of drug-likeness (QED) is 0.771. The molecular formula is C14H17ClO3. The van der Waals surface area contributed by atoms with Crippen LogP contribution in [0.4, 0.5) is 0 Å². The maximum absolute atomic E-state index is 11.6. The zero-order valence-electron chi connectivity index (χ0n) is 10.2.